The first-order valence-electron chi connectivity index (χ1n) is 13.7. The van der Waals surface area contributed by atoms with Gasteiger partial charge in [0.05, 0.1) is 8.07 Å². The second kappa shape index (κ2) is 12.5. The molecule has 0 aliphatic carbocycles. The Morgan fingerprint density at radius 3 is 1.68 bits per heavy atom. The van der Waals surface area contributed by atoms with Crippen molar-refractivity contribution in [3.8, 4) is 0 Å². The monoisotopic (exact) mass is 532 g/mol. The van der Waals surface area contributed by atoms with Gasteiger partial charge in [-0.3, -0.25) is 4.79 Å². The third kappa shape index (κ3) is 6.77. The molecule has 0 aliphatic heterocycles. The quantitative estimate of drug-likeness (QED) is 0.182. The average Bonchev–Trinajstić information content (AvgIpc) is 2.96. The predicted molar refractivity (Wildman–Crippen MR) is 169 cm³/mol. The lowest BCUT2D eigenvalue weighted by Crippen LogP contribution is -2.49. The minimum Gasteiger partial charge on any atom is -0.299 e. The molecule has 0 fully saturated rings. The number of aryl methyl sites for hydroxylation is 1. The number of carbonyl (C=O) groups is 1. The Labute approximate surface area is 231 Å². The van der Waals surface area contributed by atoms with Gasteiger partial charge in [0.1, 0.15) is 13.9 Å². The Morgan fingerprint density at radius 2 is 1.13 bits per heavy atom. The van der Waals surface area contributed by atoms with Crippen LogP contribution in [0.25, 0.3) is 0 Å². The normalized spacial score (nSPS) is 13.2. The lowest BCUT2D eigenvalue weighted by atomic mass is 10.1. The predicted octanol–water partition coefficient (Wildman–Crippen LogP) is 7.60. The lowest BCUT2D eigenvalue weighted by Gasteiger charge is -2.35. The van der Waals surface area contributed by atoms with E-state index in [1.54, 1.807) is 0 Å². The van der Waals surface area contributed by atoms with E-state index >= 15 is 0 Å². The van der Waals surface area contributed by atoms with Crippen LogP contribution in [-0.4, -0.2) is 21.9 Å². The van der Waals surface area contributed by atoms with Crippen molar-refractivity contribution < 1.29 is 4.79 Å². The highest BCUT2D eigenvalue weighted by molar-refractivity contribution is 6.96. The first-order valence-corrected chi connectivity index (χ1v) is 19.8. The highest BCUT2D eigenvalue weighted by Crippen LogP contribution is 2.33. The van der Waals surface area contributed by atoms with E-state index in [2.05, 4.69) is 148 Å². The first-order chi connectivity index (χ1) is 18.3. The maximum absolute atomic E-state index is 13.5. The van der Waals surface area contributed by atoms with Crippen LogP contribution in [0.1, 0.15) is 29.5 Å². The van der Waals surface area contributed by atoms with E-state index < -0.39 is 16.1 Å². The molecule has 0 N–H and O–H groups in total. The molecule has 4 rings (SSSR count). The van der Waals surface area contributed by atoms with Gasteiger partial charge in [0.25, 0.3) is 0 Å². The molecular weight excluding hydrogens is 493 g/mol. The highest BCUT2D eigenvalue weighted by atomic mass is 28.3. The maximum Gasteiger partial charge on any atom is 0.136 e. The number of Topliss-reactive ketones (excluding diaryl/α,β-unsaturated/α-hetero) is 1. The molecule has 0 radical (unpaired) electrons. The molecule has 0 saturated heterocycles. The summed E-state index contributed by atoms with van der Waals surface area (Å²) in [7, 11) is -4.07. The van der Waals surface area contributed by atoms with Gasteiger partial charge >= 0.3 is 0 Å². The van der Waals surface area contributed by atoms with Crippen molar-refractivity contribution in [2.45, 2.75) is 51.0 Å². The van der Waals surface area contributed by atoms with Crippen LogP contribution in [-0.2, 0) is 11.2 Å². The van der Waals surface area contributed by atoms with Gasteiger partial charge in [-0.25, -0.2) is 0 Å². The molecule has 0 amide bonds. The van der Waals surface area contributed by atoms with Gasteiger partial charge in [-0.1, -0.05) is 169 Å². The molecule has 194 valence electrons. The number of allylic oxidation sites excluding steroid dienone is 2. The summed E-state index contributed by atoms with van der Waals surface area (Å²) in [5, 5.41) is 4.18. The number of ketones is 1. The summed E-state index contributed by atoms with van der Waals surface area (Å²) in [6, 6.07) is 43.2. The molecule has 0 saturated carbocycles. The molecule has 4 aromatic carbocycles. The van der Waals surface area contributed by atoms with Crippen LogP contribution in [0.3, 0.4) is 0 Å². The van der Waals surface area contributed by atoms with E-state index in [9.17, 15) is 4.79 Å². The van der Waals surface area contributed by atoms with Crippen LogP contribution < -0.4 is 10.4 Å². The summed E-state index contributed by atoms with van der Waals surface area (Å²) >= 11 is 0. The second-order valence-electron chi connectivity index (χ2n) is 11.4. The summed E-state index contributed by atoms with van der Waals surface area (Å²) in [5.41, 5.74) is 2.85. The third-order valence-electron chi connectivity index (χ3n) is 8.04. The molecule has 1 atom stereocenters. The Bertz CT molecular complexity index is 1330. The van der Waals surface area contributed by atoms with E-state index in [4.69, 9.17) is 0 Å². The standard InChI is InChI=1S/C35H40OSi2/c1-37(2,32-21-13-7-14-22-32)34(27-31(36)26-25-29-17-9-5-10-18-29)28-35(30-19-11-6-12-20-30)38(3,4)33-23-15-8-16-24-33/h5-24,28,35H,25-27H2,1-4H3/b34-28+/t35-/m0/s1. The number of carbonyl (C=O) groups excluding carboxylic acids is 1. The maximum atomic E-state index is 13.5. The highest BCUT2D eigenvalue weighted by Gasteiger charge is 2.37. The van der Waals surface area contributed by atoms with Gasteiger partial charge in [-0.05, 0) is 17.5 Å². The zero-order chi connectivity index (χ0) is 27.0. The molecule has 1 nitrogen and oxygen atoms in total. The van der Waals surface area contributed by atoms with Gasteiger partial charge in [0, 0.05) is 18.4 Å². The van der Waals surface area contributed by atoms with E-state index in [1.807, 2.05) is 6.07 Å². The summed E-state index contributed by atoms with van der Waals surface area (Å²) in [4.78, 5) is 13.5. The fourth-order valence-electron chi connectivity index (χ4n) is 5.39. The minimum absolute atomic E-state index is 0.276. The molecule has 0 aromatic heterocycles. The van der Waals surface area contributed by atoms with Gasteiger partial charge in [0.15, 0.2) is 0 Å². The number of hydrogen-bond donors (Lipinski definition) is 0. The smallest absolute Gasteiger partial charge is 0.136 e. The molecule has 38 heavy (non-hydrogen) atoms. The van der Waals surface area contributed by atoms with Gasteiger partial charge < -0.3 is 0 Å². The van der Waals surface area contributed by atoms with Gasteiger partial charge in [-0.2, -0.15) is 0 Å². The zero-order valence-corrected chi connectivity index (χ0v) is 25.2. The molecule has 0 spiro atoms. The van der Waals surface area contributed by atoms with Crippen LogP contribution in [0.5, 0.6) is 0 Å². The first kappa shape index (κ1) is 27.8. The number of benzene rings is 4. The third-order valence-corrected chi connectivity index (χ3v) is 15.6. The van der Waals surface area contributed by atoms with Crippen molar-refractivity contribution in [1.82, 2.24) is 0 Å². The van der Waals surface area contributed by atoms with Crippen LogP contribution in [0.2, 0.25) is 26.2 Å². The molecule has 0 aliphatic rings. The van der Waals surface area contributed by atoms with Crippen molar-refractivity contribution in [1.29, 1.82) is 0 Å². The summed E-state index contributed by atoms with van der Waals surface area (Å²) < 4.78 is 0. The van der Waals surface area contributed by atoms with E-state index in [0.717, 1.165) is 6.42 Å². The van der Waals surface area contributed by atoms with Crippen molar-refractivity contribution in [3.05, 3.63) is 144 Å². The average molecular weight is 533 g/mol. The van der Waals surface area contributed by atoms with Gasteiger partial charge in [0.2, 0.25) is 0 Å². The van der Waals surface area contributed by atoms with Crippen molar-refractivity contribution in [2.75, 3.05) is 0 Å². The molecule has 3 heteroatoms. The zero-order valence-electron chi connectivity index (χ0n) is 23.2. The van der Waals surface area contributed by atoms with Gasteiger partial charge in [-0.15, -0.1) is 0 Å². The summed E-state index contributed by atoms with van der Waals surface area (Å²) in [5.74, 6) is 0.336. The van der Waals surface area contributed by atoms with Crippen LogP contribution >= 0.6 is 0 Å². The van der Waals surface area contributed by atoms with Crippen LogP contribution in [0, 0.1) is 0 Å². The number of rotatable bonds is 11. The SMILES string of the molecule is C[Si](C)(/C(=C/[C@@H](c1ccccc1)[Si](C)(C)c1ccccc1)CC(=O)CCc1ccccc1)c1ccccc1. The van der Waals surface area contributed by atoms with E-state index in [-0.39, 0.29) is 5.54 Å². The van der Waals surface area contributed by atoms with Crippen molar-refractivity contribution >= 4 is 32.3 Å². The molecule has 0 heterocycles. The topological polar surface area (TPSA) is 17.1 Å². The van der Waals surface area contributed by atoms with E-state index in [1.165, 1.54) is 26.7 Å². The number of hydrogen-bond acceptors (Lipinski definition) is 1. The van der Waals surface area contributed by atoms with E-state index in [0.29, 0.717) is 18.6 Å². The van der Waals surface area contributed by atoms with Crippen molar-refractivity contribution in [3.63, 3.8) is 0 Å². The minimum atomic E-state index is -2.09. The molecular formula is C35H40OSi2. The largest absolute Gasteiger partial charge is 0.299 e. The van der Waals surface area contributed by atoms with Crippen LogP contribution in [0.15, 0.2) is 133 Å². The molecule has 4 aromatic rings. The fraction of sp³-hybridized carbons (Fsp3) is 0.229. The fourth-order valence-corrected chi connectivity index (χ4v) is 11.2. The molecule has 0 unspecified atom stereocenters. The summed E-state index contributed by atoms with van der Waals surface area (Å²) in [6.07, 6.45) is 4.44. The Balaban J connectivity index is 1.76. The second-order valence-corrected chi connectivity index (χ2v) is 20.5. The van der Waals surface area contributed by atoms with Crippen LogP contribution in [0.4, 0.5) is 0 Å². The van der Waals surface area contributed by atoms with Crippen molar-refractivity contribution in [2.24, 2.45) is 0 Å². The Morgan fingerprint density at radius 1 is 0.658 bits per heavy atom. The Kier molecular flexibility index (Phi) is 9.14. The lowest BCUT2D eigenvalue weighted by molar-refractivity contribution is -0.118. The Hall–Kier alpha value is -3.28. The summed E-state index contributed by atoms with van der Waals surface area (Å²) in [6.45, 7) is 9.78. The molecule has 0 bridgehead atoms.